The number of rotatable bonds is 8. The summed E-state index contributed by atoms with van der Waals surface area (Å²) in [5, 5.41) is 2.50. The van der Waals surface area contributed by atoms with Crippen LogP contribution in [0.4, 0.5) is 10.1 Å². The molecule has 0 amide bonds. The molecule has 12 aromatic carbocycles. The first-order valence-corrected chi connectivity index (χ1v) is 35.7. The third kappa shape index (κ3) is 27.6. The van der Waals surface area contributed by atoms with Gasteiger partial charge in [0.05, 0.1) is 6.57 Å². The summed E-state index contributed by atoms with van der Waals surface area (Å²) in [6.45, 7) is 12.8. The van der Waals surface area contributed by atoms with Crippen LogP contribution in [-0.2, 0) is 66.0 Å². The van der Waals surface area contributed by atoms with Gasteiger partial charge in [0.1, 0.15) is 0 Å². The number of pyridine rings is 4. The Labute approximate surface area is 716 Å². The monoisotopic (exact) mass is 1660 g/mol. The fourth-order valence-electron chi connectivity index (χ4n) is 11.2. The molecule has 18 rings (SSSR count). The summed E-state index contributed by atoms with van der Waals surface area (Å²) < 4.78 is 13.2. The molecule has 17 aromatic rings. The van der Waals surface area contributed by atoms with E-state index >= 15 is 0 Å². The zero-order chi connectivity index (χ0) is 77.0. The maximum absolute atomic E-state index is 13.2. The Bertz CT molecular complexity index is 5270. The number of aromatic nitrogens is 5. The van der Waals surface area contributed by atoms with E-state index in [-0.39, 0.29) is 71.8 Å². The Hall–Kier alpha value is -12.7. The van der Waals surface area contributed by atoms with Gasteiger partial charge < -0.3 is 41.1 Å². The molecule has 0 bridgehead atoms. The third-order valence-corrected chi connectivity index (χ3v) is 16.6. The minimum Gasteiger partial charge on any atom is -0.657 e. The minimum atomic E-state index is -0.379. The molecule has 1 aliphatic rings. The molecule has 0 fully saturated rings. The molecule has 0 unspecified atom stereocenters. The van der Waals surface area contributed by atoms with E-state index in [1.54, 1.807) is 12.1 Å². The van der Waals surface area contributed by atoms with Gasteiger partial charge in [0.2, 0.25) is 0 Å². The summed E-state index contributed by atoms with van der Waals surface area (Å²) in [5.74, 6) is 1.90. The van der Waals surface area contributed by atoms with Crippen molar-refractivity contribution in [3.63, 3.8) is 0 Å². The molecule has 0 atom stereocenters. The first kappa shape index (κ1) is 89.5. The molecule has 13 heteroatoms. The van der Waals surface area contributed by atoms with E-state index in [9.17, 15) is 4.39 Å². The molecule has 5 aromatic heterocycles. The Morgan fingerprint density at radius 3 is 0.835 bits per heavy atom. The van der Waals surface area contributed by atoms with E-state index in [2.05, 4.69) is 121 Å². The van der Waals surface area contributed by atoms with Gasteiger partial charge in [-0.1, -0.05) is 158 Å². The maximum atomic E-state index is 13.2. The van der Waals surface area contributed by atoms with Crippen molar-refractivity contribution in [3.8, 4) is 96.0 Å². The van der Waals surface area contributed by atoms with Crippen LogP contribution in [0.5, 0.6) is 0 Å². The molecule has 568 valence electrons. The molecule has 0 aliphatic carbocycles. The molecule has 0 spiro atoms. The molecule has 0 N–H and O–H groups in total. The summed E-state index contributed by atoms with van der Waals surface area (Å²) in [6, 6.07) is 140. The van der Waals surface area contributed by atoms with Crippen LogP contribution in [0.1, 0.15) is 16.7 Å². The number of benzene rings is 12. The number of hydrogen-bond donors (Lipinski definition) is 0. The van der Waals surface area contributed by atoms with E-state index in [1.807, 2.05) is 360 Å². The minimum absolute atomic E-state index is 0. The largest absolute Gasteiger partial charge is 3.00 e. The fourth-order valence-corrected chi connectivity index (χ4v) is 11.2. The zero-order valence-electron chi connectivity index (χ0n) is 63.0. The first-order valence-electron chi connectivity index (χ1n) is 35.7. The Morgan fingerprint density at radius 2 is 0.591 bits per heavy atom. The summed E-state index contributed by atoms with van der Waals surface area (Å²) >= 11 is 0. The zero-order valence-corrected chi connectivity index (χ0v) is 67.0. The molecule has 8 nitrogen and oxygen atoms in total. The van der Waals surface area contributed by atoms with E-state index < -0.39 is 0 Å². The van der Waals surface area contributed by atoms with E-state index in [4.69, 9.17) is 13.0 Å². The number of hydrogen-bond acceptors (Lipinski definition) is 6. The van der Waals surface area contributed by atoms with Crippen LogP contribution in [0.2, 0.25) is 0 Å². The van der Waals surface area contributed by atoms with Crippen molar-refractivity contribution in [1.29, 1.82) is 0 Å². The summed E-state index contributed by atoms with van der Waals surface area (Å²) in [5.41, 5.74) is 20.7. The average molecular weight is 1670 g/mol. The number of aryl methyl sites for hydroxylation is 2. The van der Waals surface area contributed by atoms with E-state index in [0.29, 0.717) is 11.3 Å². The SMILES string of the molecule is CN1C=CN(C)[CH-]1.Fc1[c-]c(-c2cccc(-c3[c-]cccc3)n2)ccc1.[C-]#Cc1ccccc1.[C-]#[N+]c1c(C)cccc1C.[Ni+3].[Ni+3].[Ni+3].[Ni+3].[c-]1ccccc1-c1cccc(-c2[c-]cccc2)n1.[c-]1ccccc1-c1cccc(-c2[c-]cccc2)n1.[c-]1ccccc1-c1cccc(-c2[c-]cccc2)n1.c1ccc2c(c1)[n-]c1ccccc12. The summed E-state index contributed by atoms with van der Waals surface area (Å²) in [4.78, 5) is 30.4. The Balaban J connectivity index is 0.000000184. The Kier molecular flexibility index (Phi) is 37.6. The second-order valence-electron chi connectivity index (χ2n) is 24.7. The molecule has 0 saturated carbocycles. The van der Waals surface area contributed by atoms with Gasteiger partial charge in [-0.05, 0) is 108 Å². The summed E-state index contributed by atoms with van der Waals surface area (Å²) in [7, 11) is 4.00. The van der Waals surface area contributed by atoms with Gasteiger partial charge in [0.15, 0.2) is 5.69 Å². The summed E-state index contributed by atoms with van der Waals surface area (Å²) in [6.07, 6.45) is 10.7. The number of halogens is 1. The number of fused-ring (bicyclic) bond motifs is 3. The molecule has 1 aliphatic heterocycles. The van der Waals surface area contributed by atoms with Gasteiger partial charge in [-0.2, -0.15) is 6.67 Å². The van der Waals surface area contributed by atoms with Gasteiger partial charge in [-0.15, -0.1) is 310 Å². The smallest absolute Gasteiger partial charge is 0.657 e. The van der Waals surface area contributed by atoms with Crippen molar-refractivity contribution in [2.45, 2.75) is 13.8 Å². The molecular weight excluding hydrogens is 1590 g/mol. The van der Waals surface area contributed by atoms with Crippen molar-refractivity contribution in [2.75, 3.05) is 14.1 Å². The predicted molar refractivity (Wildman–Crippen MR) is 450 cm³/mol. The molecule has 0 saturated heterocycles. The van der Waals surface area contributed by atoms with E-state index in [1.165, 1.54) is 16.8 Å². The van der Waals surface area contributed by atoms with Crippen LogP contribution in [0, 0.1) is 93.8 Å². The molecule has 115 heavy (non-hydrogen) atoms. The molecule has 6 heterocycles. The van der Waals surface area contributed by atoms with Crippen LogP contribution in [0.3, 0.4) is 0 Å². The standard InChI is InChI=1S/C17H10FN.3C17H11N.C12H8N.C9H9N.C8H5.C5H9N2.4Ni/c18-15-9-4-8-14(12-15)17-11-5-10-16(19-17)13-6-2-1-3-7-13;3*1-3-8-14(9-4-1)16-12-7-13-17(18-16)15-10-5-2-6-11-15;1-3-7-11-9(5-1)10-6-2-4-8-12(10)13-11;1-7-5-4-6-8(2)9(7)10-3;1-2-8-6-4-3-5-7-8;1-6-3-4-7(2)5-6;;;;/h1-6,8-11H;3*1-8,10,12-13H;1-8H;4-6H,1-2H3;3-7H;3-5H,1-2H3;;;;/q4*-2;-1;;2*-1;4*+3. The van der Waals surface area contributed by atoms with Crippen molar-refractivity contribution < 1.29 is 70.4 Å². The quantitative estimate of drug-likeness (QED) is 0.0852. The van der Waals surface area contributed by atoms with Crippen LogP contribution < -0.4 is 4.98 Å². The van der Waals surface area contributed by atoms with Gasteiger partial charge in [0.25, 0.3) is 0 Å². The topological polar surface area (TPSA) is 76.5 Å². The second-order valence-corrected chi connectivity index (χ2v) is 24.7. The van der Waals surface area contributed by atoms with Crippen molar-refractivity contribution in [2.24, 2.45) is 0 Å². The second kappa shape index (κ2) is 48.3. The first-order chi connectivity index (χ1) is 54.5. The number of para-hydroxylation sites is 3. The van der Waals surface area contributed by atoms with Crippen LogP contribution in [-0.4, -0.2) is 43.8 Å². The fraction of sp³-hybridized carbons (Fsp3) is 0.0392. The van der Waals surface area contributed by atoms with E-state index in [0.717, 1.165) is 112 Å². The third-order valence-electron chi connectivity index (χ3n) is 16.6. The maximum Gasteiger partial charge on any atom is 3.00 e. The Morgan fingerprint density at radius 1 is 0.330 bits per heavy atom. The van der Waals surface area contributed by atoms with Crippen molar-refractivity contribution >= 4 is 27.5 Å². The van der Waals surface area contributed by atoms with Gasteiger partial charge in [-0.25, -0.2) is 9.24 Å². The van der Waals surface area contributed by atoms with Crippen LogP contribution in [0.25, 0.3) is 117 Å². The molecule has 4 radical (unpaired) electrons. The molecular formula is C102H74FN8Ni4+. The predicted octanol–water partition coefficient (Wildman–Crippen LogP) is 24.1. The number of nitrogens with zero attached hydrogens (tertiary/aromatic N) is 8. The van der Waals surface area contributed by atoms with Gasteiger partial charge in [0, 0.05) is 5.82 Å². The normalized spacial score (nSPS) is 10.3. The van der Waals surface area contributed by atoms with Crippen molar-refractivity contribution in [3.05, 3.63) is 466 Å². The van der Waals surface area contributed by atoms with Crippen molar-refractivity contribution in [1.82, 2.24) is 34.7 Å². The van der Waals surface area contributed by atoms with Crippen LogP contribution in [0.15, 0.2) is 370 Å². The van der Waals surface area contributed by atoms with Gasteiger partial charge >= 0.3 is 66.0 Å². The van der Waals surface area contributed by atoms with Crippen LogP contribution >= 0.6 is 0 Å². The average Bonchev–Trinajstić information content (AvgIpc) is 1.66. The van der Waals surface area contributed by atoms with Gasteiger partial charge in [-0.3, -0.25) is 5.92 Å².